The van der Waals surface area contributed by atoms with E-state index in [0.717, 1.165) is 19.0 Å². The van der Waals surface area contributed by atoms with Crippen molar-refractivity contribution in [3.8, 4) is 0 Å². The van der Waals surface area contributed by atoms with Crippen LogP contribution in [-0.4, -0.2) is 73.3 Å². The molecule has 2 aliphatic heterocycles. The number of piperazine rings is 1. The highest BCUT2D eigenvalue weighted by molar-refractivity contribution is 5.18. The van der Waals surface area contributed by atoms with E-state index in [1.165, 1.54) is 49.1 Å². The van der Waals surface area contributed by atoms with Crippen molar-refractivity contribution in [2.45, 2.75) is 86.1 Å². The molecule has 4 heteroatoms. The van der Waals surface area contributed by atoms with Crippen LogP contribution < -0.4 is 5.32 Å². The van der Waals surface area contributed by atoms with E-state index in [-0.39, 0.29) is 5.41 Å². The van der Waals surface area contributed by atoms with E-state index in [2.05, 4.69) is 104 Å². The third kappa shape index (κ3) is 11.2. The number of pyridine rings is 1. The molecule has 3 rings (SSSR count). The smallest absolute Gasteiger partial charge is 0.0785 e. The molecule has 186 valence electrons. The van der Waals surface area contributed by atoms with Gasteiger partial charge in [-0.1, -0.05) is 41.5 Å². The normalized spacial score (nSPS) is 20.5. The number of hydrogen-bond acceptors (Lipinski definition) is 3. The summed E-state index contributed by atoms with van der Waals surface area (Å²) in [6.45, 7) is 28.0. The fourth-order valence-electron chi connectivity index (χ4n) is 4.32. The number of quaternary nitrogens is 1. The summed E-state index contributed by atoms with van der Waals surface area (Å²) in [7, 11) is 4.69. The zero-order chi connectivity index (χ0) is 24.6. The molecule has 0 aromatic carbocycles. The van der Waals surface area contributed by atoms with Gasteiger partial charge in [0.25, 0.3) is 0 Å². The molecule has 2 aliphatic rings. The third-order valence-electron chi connectivity index (χ3n) is 7.00. The summed E-state index contributed by atoms with van der Waals surface area (Å²) in [5.74, 6) is 0.948. The Labute approximate surface area is 200 Å². The summed E-state index contributed by atoms with van der Waals surface area (Å²) in [6, 6.07) is 4.11. The van der Waals surface area contributed by atoms with Crippen LogP contribution in [0.2, 0.25) is 0 Å². The summed E-state index contributed by atoms with van der Waals surface area (Å²) in [6.07, 6.45) is 6.49. The zero-order valence-corrected chi connectivity index (χ0v) is 23.4. The van der Waals surface area contributed by atoms with E-state index in [1.54, 1.807) is 0 Å². The number of nitrogens with zero attached hydrogens (tertiary/aromatic N) is 3. The lowest BCUT2D eigenvalue weighted by molar-refractivity contribution is -0.896. The van der Waals surface area contributed by atoms with Crippen molar-refractivity contribution in [1.29, 1.82) is 0 Å². The van der Waals surface area contributed by atoms with E-state index < -0.39 is 0 Å². The topological polar surface area (TPSA) is 28.2 Å². The van der Waals surface area contributed by atoms with Crippen LogP contribution in [-0.2, 0) is 5.41 Å². The van der Waals surface area contributed by atoms with Gasteiger partial charge in [0.05, 0.1) is 27.2 Å². The van der Waals surface area contributed by atoms with Gasteiger partial charge in [-0.05, 0) is 55.2 Å². The molecule has 0 amide bonds. The van der Waals surface area contributed by atoms with Crippen LogP contribution in [0.15, 0.2) is 24.5 Å². The molecule has 1 aromatic rings. The quantitative estimate of drug-likeness (QED) is 0.526. The van der Waals surface area contributed by atoms with Crippen LogP contribution in [0, 0.1) is 11.3 Å². The second kappa shape index (κ2) is 11.9. The first kappa shape index (κ1) is 29.1. The fourth-order valence-corrected chi connectivity index (χ4v) is 4.32. The van der Waals surface area contributed by atoms with Crippen molar-refractivity contribution in [1.82, 2.24) is 15.2 Å². The van der Waals surface area contributed by atoms with Crippen LogP contribution in [0.5, 0.6) is 0 Å². The second-order valence-electron chi connectivity index (χ2n) is 13.4. The number of nitrogens with one attached hydrogen (secondary N) is 1. The average molecular weight is 448 g/mol. The number of likely N-dealkylation sites (tertiary alicyclic amines) is 1. The lowest BCUT2D eigenvalue weighted by Gasteiger charge is -2.41. The van der Waals surface area contributed by atoms with Crippen LogP contribution in [0.4, 0.5) is 0 Å². The summed E-state index contributed by atoms with van der Waals surface area (Å²) in [5.41, 5.74) is 2.48. The molecule has 0 aliphatic carbocycles. The summed E-state index contributed by atoms with van der Waals surface area (Å²) in [5, 5.41) is 3.35. The highest BCUT2D eigenvalue weighted by Gasteiger charge is 2.32. The molecule has 1 aromatic heterocycles. The summed E-state index contributed by atoms with van der Waals surface area (Å²) < 4.78 is 1.23. The maximum absolute atomic E-state index is 3.96. The standard InChI is InChI=1S/C11H24N.C9H13N.C8H18N2/c1-11(2,3)10-6-8-12(4,5)9-7-10;1-9(2,3)8-4-6-10-7-5-8;1-8(2,3)10-6-4-9-5-7-10/h10H,6-9H2,1-5H3;4-7H,1-3H3;9H,4-7H2,1-3H3/q+1;;. The number of aromatic nitrogens is 1. The van der Waals surface area contributed by atoms with Crippen LogP contribution in [0.3, 0.4) is 0 Å². The van der Waals surface area contributed by atoms with Crippen molar-refractivity contribution in [2.75, 3.05) is 53.4 Å². The Balaban J connectivity index is 0.000000241. The first-order valence-electron chi connectivity index (χ1n) is 12.7. The molecule has 3 heterocycles. The maximum atomic E-state index is 3.96. The lowest BCUT2D eigenvalue weighted by Crippen LogP contribution is -2.51. The molecule has 0 unspecified atom stereocenters. The molecule has 2 saturated heterocycles. The third-order valence-corrected chi connectivity index (χ3v) is 7.00. The van der Waals surface area contributed by atoms with E-state index in [9.17, 15) is 0 Å². The maximum Gasteiger partial charge on any atom is 0.0785 e. The number of rotatable bonds is 0. The van der Waals surface area contributed by atoms with Gasteiger partial charge >= 0.3 is 0 Å². The van der Waals surface area contributed by atoms with Gasteiger partial charge in [0.1, 0.15) is 0 Å². The Bertz CT molecular complexity index is 616. The van der Waals surface area contributed by atoms with Gasteiger partial charge < -0.3 is 9.80 Å². The highest BCUT2D eigenvalue weighted by atomic mass is 15.3. The largest absolute Gasteiger partial charge is 0.328 e. The highest BCUT2D eigenvalue weighted by Crippen LogP contribution is 2.35. The molecule has 0 saturated carbocycles. The zero-order valence-electron chi connectivity index (χ0n) is 23.4. The van der Waals surface area contributed by atoms with E-state index in [0.29, 0.717) is 11.0 Å². The van der Waals surface area contributed by atoms with Crippen molar-refractivity contribution in [2.24, 2.45) is 11.3 Å². The SMILES string of the molecule is CC(C)(C)C1CC[N+](C)(C)CC1.CC(C)(C)N1CCNCC1.CC(C)(C)c1ccncc1. The van der Waals surface area contributed by atoms with Gasteiger partial charge in [0.15, 0.2) is 0 Å². The van der Waals surface area contributed by atoms with Gasteiger partial charge in [-0.25, -0.2) is 0 Å². The van der Waals surface area contributed by atoms with Gasteiger partial charge in [-0.3, -0.25) is 9.88 Å². The summed E-state index contributed by atoms with van der Waals surface area (Å²) >= 11 is 0. The fraction of sp³-hybridized carbons (Fsp3) is 0.821. The molecule has 1 N–H and O–H groups in total. The molecule has 0 spiro atoms. The van der Waals surface area contributed by atoms with E-state index in [1.807, 2.05) is 12.4 Å². The molecule has 32 heavy (non-hydrogen) atoms. The van der Waals surface area contributed by atoms with Gasteiger partial charge in [0.2, 0.25) is 0 Å². The van der Waals surface area contributed by atoms with E-state index >= 15 is 0 Å². The molecule has 0 radical (unpaired) electrons. The van der Waals surface area contributed by atoms with Crippen LogP contribution in [0.1, 0.15) is 80.7 Å². The molecule has 0 atom stereocenters. The second-order valence-corrected chi connectivity index (χ2v) is 13.4. The molecule has 2 fully saturated rings. The van der Waals surface area contributed by atoms with Crippen molar-refractivity contribution < 1.29 is 4.48 Å². The summed E-state index contributed by atoms with van der Waals surface area (Å²) in [4.78, 5) is 6.48. The molecule has 0 bridgehead atoms. The first-order chi connectivity index (χ1) is 14.5. The Morgan fingerprint density at radius 1 is 0.844 bits per heavy atom. The Kier molecular flexibility index (Phi) is 10.8. The van der Waals surface area contributed by atoms with E-state index in [4.69, 9.17) is 0 Å². The number of hydrogen-bond donors (Lipinski definition) is 1. The van der Waals surface area contributed by atoms with Crippen molar-refractivity contribution in [3.05, 3.63) is 30.1 Å². The molecular formula is C28H55N4+. The van der Waals surface area contributed by atoms with Gasteiger partial charge in [0, 0.05) is 57.0 Å². The predicted molar refractivity (Wildman–Crippen MR) is 141 cm³/mol. The van der Waals surface area contributed by atoms with Gasteiger partial charge in [-0.2, -0.15) is 0 Å². The first-order valence-corrected chi connectivity index (χ1v) is 12.7. The van der Waals surface area contributed by atoms with Crippen LogP contribution in [0.25, 0.3) is 0 Å². The lowest BCUT2D eigenvalue weighted by atomic mass is 9.75. The van der Waals surface area contributed by atoms with Crippen LogP contribution >= 0.6 is 0 Å². The Morgan fingerprint density at radius 2 is 1.31 bits per heavy atom. The predicted octanol–water partition coefficient (Wildman–Crippen LogP) is 5.59. The molecule has 4 nitrogen and oxygen atoms in total. The average Bonchev–Trinajstić information content (AvgIpc) is 2.68. The monoisotopic (exact) mass is 447 g/mol. The van der Waals surface area contributed by atoms with Crippen molar-refractivity contribution >= 4 is 0 Å². The minimum atomic E-state index is 0.253. The van der Waals surface area contributed by atoms with Crippen molar-refractivity contribution in [3.63, 3.8) is 0 Å². The minimum Gasteiger partial charge on any atom is -0.328 e. The molecular weight excluding hydrogens is 392 g/mol. The van der Waals surface area contributed by atoms with Gasteiger partial charge in [-0.15, -0.1) is 0 Å². The number of piperidine rings is 1. The minimum absolute atomic E-state index is 0.253. The Hall–Kier alpha value is -0.970. The Morgan fingerprint density at radius 3 is 1.62 bits per heavy atom.